The second-order valence-electron chi connectivity index (χ2n) is 9.25. The molecular formula is C23H34O8. The molecule has 31 heavy (non-hydrogen) atoms. The number of allylic oxidation sites excluding steroid dienone is 1. The molecule has 2 rings (SSSR count). The van der Waals surface area contributed by atoms with E-state index in [-0.39, 0.29) is 38.4 Å². The molecule has 2 fully saturated rings. The fourth-order valence-electron chi connectivity index (χ4n) is 4.88. The highest BCUT2D eigenvalue weighted by Crippen LogP contribution is 2.58. The molecule has 4 unspecified atom stereocenters. The van der Waals surface area contributed by atoms with Gasteiger partial charge in [-0.3, -0.25) is 19.2 Å². The second kappa shape index (κ2) is 9.40. The quantitative estimate of drug-likeness (QED) is 0.270. The van der Waals surface area contributed by atoms with Crippen LogP contribution in [-0.4, -0.2) is 49.8 Å². The molecular weight excluding hydrogens is 404 g/mol. The fraction of sp³-hybridized carbons (Fsp3) is 0.739. The van der Waals surface area contributed by atoms with E-state index in [2.05, 4.69) is 6.58 Å². The molecule has 0 aromatic heterocycles. The highest BCUT2D eigenvalue weighted by atomic mass is 16.6. The van der Waals surface area contributed by atoms with Crippen molar-refractivity contribution in [2.24, 2.45) is 29.1 Å². The second-order valence-corrected chi connectivity index (χ2v) is 9.25. The maximum absolute atomic E-state index is 13.0. The van der Waals surface area contributed by atoms with Crippen molar-refractivity contribution in [1.29, 1.82) is 0 Å². The third-order valence-corrected chi connectivity index (χ3v) is 6.09. The summed E-state index contributed by atoms with van der Waals surface area (Å²) >= 11 is 0. The SMILES string of the molecule is C=C1CC(C(=O)OC(C)(C)C)C(C(=O)OC)C2CC(C(=O)OCC)(C(=O)OCC)CC12. The van der Waals surface area contributed by atoms with E-state index < -0.39 is 52.6 Å². The number of fused-ring (bicyclic) bond motifs is 1. The summed E-state index contributed by atoms with van der Waals surface area (Å²) in [6, 6.07) is 0. The van der Waals surface area contributed by atoms with Gasteiger partial charge in [-0.1, -0.05) is 12.2 Å². The lowest BCUT2D eigenvalue weighted by atomic mass is 9.66. The van der Waals surface area contributed by atoms with Crippen molar-refractivity contribution in [3.8, 4) is 0 Å². The molecule has 8 heteroatoms. The third-order valence-electron chi connectivity index (χ3n) is 6.09. The van der Waals surface area contributed by atoms with Crippen LogP contribution in [0.4, 0.5) is 0 Å². The van der Waals surface area contributed by atoms with Gasteiger partial charge in [-0.15, -0.1) is 0 Å². The highest BCUT2D eigenvalue weighted by molar-refractivity contribution is 6.01. The first-order valence-corrected chi connectivity index (χ1v) is 10.7. The van der Waals surface area contributed by atoms with Gasteiger partial charge < -0.3 is 18.9 Å². The van der Waals surface area contributed by atoms with Gasteiger partial charge in [0, 0.05) is 0 Å². The molecule has 0 saturated heterocycles. The molecule has 0 aromatic carbocycles. The Morgan fingerprint density at radius 1 is 1.00 bits per heavy atom. The van der Waals surface area contributed by atoms with Gasteiger partial charge in [-0.25, -0.2) is 0 Å². The van der Waals surface area contributed by atoms with Crippen LogP contribution in [0, 0.1) is 29.1 Å². The van der Waals surface area contributed by atoms with E-state index >= 15 is 0 Å². The number of esters is 4. The van der Waals surface area contributed by atoms with Gasteiger partial charge in [0.1, 0.15) is 5.60 Å². The summed E-state index contributed by atoms with van der Waals surface area (Å²) in [6.45, 7) is 12.9. The van der Waals surface area contributed by atoms with E-state index in [0.717, 1.165) is 0 Å². The van der Waals surface area contributed by atoms with Crippen LogP contribution in [0.5, 0.6) is 0 Å². The van der Waals surface area contributed by atoms with Crippen molar-refractivity contribution in [2.75, 3.05) is 20.3 Å². The van der Waals surface area contributed by atoms with Crippen molar-refractivity contribution in [2.45, 2.75) is 59.5 Å². The van der Waals surface area contributed by atoms with Crippen molar-refractivity contribution in [3.63, 3.8) is 0 Å². The summed E-state index contributed by atoms with van der Waals surface area (Å²) in [4.78, 5) is 51.6. The minimum atomic E-state index is -1.54. The first kappa shape index (κ1) is 24.9. The third kappa shape index (κ3) is 4.93. The maximum Gasteiger partial charge on any atom is 0.323 e. The van der Waals surface area contributed by atoms with Crippen LogP contribution in [0.25, 0.3) is 0 Å². The van der Waals surface area contributed by atoms with Crippen LogP contribution in [0.1, 0.15) is 53.9 Å². The number of rotatable bonds is 6. The topological polar surface area (TPSA) is 105 Å². The van der Waals surface area contributed by atoms with Gasteiger partial charge >= 0.3 is 23.9 Å². The number of hydrogen-bond donors (Lipinski definition) is 0. The van der Waals surface area contributed by atoms with Crippen LogP contribution in [-0.2, 0) is 38.1 Å². The molecule has 8 nitrogen and oxygen atoms in total. The Bertz CT molecular complexity index is 729. The van der Waals surface area contributed by atoms with E-state index in [4.69, 9.17) is 18.9 Å². The Kier molecular flexibility index (Phi) is 7.55. The predicted molar refractivity (Wildman–Crippen MR) is 111 cm³/mol. The van der Waals surface area contributed by atoms with E-state index in [1.807, 2.05) is 0 Å². The molecule has 0 amide bonds. The van der Waals surface area contributed by atoms with Crippen LogP contribution in [0.3, 0.4) is 0 Å². The average molecular weight is 439 g/mol. The van der Waals surface area contributed by atoms with Crippen LogP contribution < -0.4 is 0 Å². The van der Waals surface area contributed by atoms with Gasteiger partial charge in [0.2, 0.25) is 0 Å². The number of carbonyl (C=O) groups excluding carboxylic acids is 4. The Morgan fingerprint density at radius 2 is 1.55 bits per heavy atom. The molecule has 2 aliphatic carbocycles. The number of ether oxygens (including phenoxy) is 4. The molecule has 0 N–H and O–H groups in total. The monoisotopic (exact) mass is 438 g/mol. The Labute approximate surface area is 183 Å². The molecule has 2 saturated carbocycles. The van der Waals surface area contributed by atoms with Crippen LogP contribution >= 0.6 is 0 Å². The van der Waals surface area contributed by atoms with Crippen molar-refractivity contribution in [1.82, 2.24) is 0 Å². The Hall–Kier alpha value is -2.38. The molecule has 4 atom stereocenters. The number of carbonyl (C=O) groups is 4. The summed E-state index contributed by atoms with van der Waals surface area (Å²) in [5.41, 5.74) is -1.57. The molecule has 174 valence electrons. The maximum atomic E-state index is 13.0. The summed E-state index contributed by atoms with van der Waals surface area (Å²) in [5.74, 6) is -4.92. The molecule has 0 aromatic rings. The van der Waals surface area contributed by atoms with E-state index in [1.165, 1.54) is 7.11 Å². The van der Waals surface area contributed by atoms with Gasteiger partial charge in [0.15, 0.2) is 5.41 Å². The van der Waals surface area contributed by atoms with Crippen molar-refractivity contribution >= 4 is 23.9 Å². The number of methoxy groups -OCH3 is 1. The van der Waals surface area contributed by atoms with E-state index in [1.54, 1.807) is 34.6 Å². The summed E-state index contributed by atoms with van der Waals surface area (Å²) in [5, 5.41) is 0. The molecule has 2 aliphatic rings. The normalized spacial score (nSPS) is 27.1. The number of hydrogen-bond acceptors (Lipinski definition) is 8. The summed E-state index contributed by atoms with van der Waals surface area (Å²) in [6.07, 6.45) is 0.369. The van der Waals surface area contributed by atoms with Gasteiger partial charge in [-0.05, 0) is 65.7 Å². The molecule has 0 spiro atoms. The van der Waals surface area contributed by atoms with E-state index in [0.29, 0.717) is 5.57 Å². The first-order valence-electron chi connectivity index (χ1n) is 10.7. The first-order chi connectivity index (χ1) is 14.4. The predicted octanol–water partition coefficient (Wildman–Crippen LogP) is 2.83. The van der Waals surface area contributed by atoms with Crippen molar-refractivity contribution in [3.05, 3.63) is 12.2 Å². The summed E-state index contributed by atoms with van der Waals surface area (Å²) < 4.78 is 21.0. The Balaban J connectivity index is 2.49. The molecule has 0 bridgehead atoms. The van der Waals surface area contributed by atoms with Gasteiger partial charge in [0.05, 0.1) is 32.2 Å². The van der Waals surface area contributed by atoms with Crippen LogP contribution in [0.2, 0.25) is 0 Å². The smallest absolute Gasteiger partial charge is 0.323 e. The van der Waals surface area contributed by atoms with Gasteiger partial charge in [-0.2, -0.15) is 0 Å². The highest BCUT2D eigenvalue weighted by Gasteiger charge is 2.63. The molecule has 0 radical (unpaired) electrons. The zero-order valence-electron chi connectivity index (χ0n) is 19.3. The Morgan fingerprint density at radius 3 is 2.00 bits per heavy atom. The van der Waals surface area contributed by atoms with Crippen molar-refractivity contribution < 1.29 is 38.1 Å². The molecule has 0 aliphatic heterocycles. The minimum absolute atomic E-state index is 0.0212. The van der Waals surface area contributed by atoms with Gasteiger partial charge in [0.25, 0.3) is 0 Å². The lowest BCUT2D eigenvalue weighted by molar-refractivity contribution is -0.173. The zero-order valence-corrected chi connectivity index (χ0v) is 19.3. The lowest BCUT2D eigenvalue weighted by Gasteiger charge is -2.39. The standard InChI is InChI=1S/C23H34O8/c1-8-29-20(26)23(21(27)30-9-2)11-15-13(3)10-14(18(24)31-22(4,5)6)17(16(15)12-23)19(25)28-7/h14-17H,3,8-12H2,1-2,4-7H3. The molecule has 0 heterocycles. The average Bonchev–Trinajstić information content (AvgIpc) is 3.09. The minimum Gasteiger partial charge on any atom is -0.469 e. The van der Waals surface area contributed by atoms with Crippen LogP contribution in [0.15, 0.2) is 12.2 Å². The lowest BCUT2D eigenvalue weighted by Crippen LogP contribution is -2.44. The summed E-state index contributed by atoms with van der Waals surface area (Å²) in [7, 11) is 1.26. The van der Waals surface area contributed by atoms with E-state index in [9.17, 15) is 19.2 Å². The largest absolute Gasteiger partial charge is 0.469 e. The fourth-order valence-corrected chi connectivity index (χ4v) is 4.88. The zero-order chi connectivity index (χ0) is 23.6.